The van der Waals surface area contributed by atoms with Gasteiger partial charge in [-0.1, -0.05) is 49.2 Å². The Balaban J connectivity index is 1.65. The van der Waals surface area contributed by atoms with Gasteiger partial charge in [-0.2, -0.15) is 13.5 Å². The van der Waals surface area contributed by atoms with Crippen LogP contribution in [-0.2, 0) is 25.2 Å². The number of carbonyl (C=O) groups excluding carboxylic acids is 1. The van der Waals surface area contributed by atoms with E-state index < -0.39 is 15.6 Å². The number of hydrogen-bond acceptors (Lipinski definition) is 5. The second-order valence-electron chi connectivity index (χ2n) is 7.82. The zero-order valence-electron chi connectivity index (χ0n) is 17.0. The van der Waals surface area contributed by atoms with Crippen molar-refractivity contribution < 1.29 is 17.9 Å². The fourth-order valence-electron chi connectivity index (χ4n) is 4.04. The highest BCUT2D eigenvalue weighted by molar-refractivity contribution is 7.89. The summed E-state index contributed by atoms with van der Waals surface area (Å²) in [7, 11) is -3.79. The molecule has 1 spiro atoms. The van der Waals surface area contributed by atoms with Crippen LogP contribution in [-0.4, -0.2) is 26.1 Å². The van der Waals surface area contributed by atoms with E-state index in [0.717, 1.165) is 29.7 Å². The number of ether oxygens (including phenoxy) is 1. The molecule has 1 amide bonds. The van der Waals surface area contributed by atoms with Crippen molar-refractivity contribution >= 4 is 27.3 Å². The highest BCUT2D eigenvalue weighted by Crippen LogP contribution is 2.45. The van der Waals surface area contributed by atoms with Crippen LogP contribution in [0.15, 0.2) is 58.5 Å². The number of fused-ring (bicyclic) bond motifs is 2. The van der Waals surface area contributed by atoms with E-state index in [1.54, 1.807) is 24.3 Å². The fraction of sp³-hybridized carbons (Fsp3) is 0.364. The largest absolute Gasteiger partial charge is 0.356 e. The predicted molar refractivity (Wildman–Crippen MR) is 115 cm³/mol. The molecule has 2 aromatic rings. The van der Waals surface area contributed by atoms with E-state index in [1.165, 1.54) is 0 Å². The topological polar surface area (TPSA) is 96.9 Å². The molecule has 4 rings (SSSR count). The molecule has 0 bridgehead atoms. The predicted octanol–water partition coefficient (Wildman–Crippen LogP) is 3.46. The third-order valence-corrected chi connectivity index (χ3v) is 6.75. The molecule has 2 aliphatic heterocycles. The van der Waals surface area contributed by atoms with Gasteiger partial charge in [-0.15, -0.1) is 0 Å². The number of hydrogen-bond donors (Lipinski definition) is 2. The minimum absolute atomic E-state index is 0.147. The SMILES string of the molecule is CCC[C@H]1C/C(=N/NS(=O)(=O)c2ccc(C)cc2)C[C@@]2(O1)C(=O)Nc1ccccc12. The molecule has 2 N–H and O–H groups in total. The summed E-state index contributed by atoms with van der Waals surface area (Å²) in [5.41, 5.74) is 1.88. The molecule has 0 aliphatic carbocycles. The molecular weight excluding hydrogens is 402 g/mol. The second-order valence-corrected chi connectivity index (χ2v) is 9.48. The van der Waals surface area contributed by atoms with Gasteiger partial charge in [-0.05, 0) is 31.5 Å². The first-order valence-electron chi connectivity index (χ1n) is 10.1. The van der Waals surface area contributed by atoms with Gasteiger partial charge in [0.2, 0.25) is 0 Å². The Labute approximate surface area is 176 Å². The van der Waals surface area contributed by atoms with Gasteiger partial charge in [-0.3, -0.25) is 4.79 Å². The van der Waals surface area contributed by atoms with Crippen molar-refractivity contribution in [2.24, 2.45) is 5.10 Å². The van der Waals surface area contributed by atoms with Crippen molar-refractivity contribution in [2.45, 2.75) is 56.1 Å². The van der Waals surface area contributed by atoms with Gasteiger partial charge in [0, 0.05) is 29.8 Å². The molecule has 0 unspecified atom stereocenters. The molecule has 2 aliphatic rings. The van der Waals surface area contributed by atoms with Crippen LogP contribution in [0.1, 0.15) is 43.7 Å². The van der Waals surface area contributed by atoms with Crippen molar-refractivity contribution in [3.05, 3.63) is 59.7 Å². The molecule has 1 fully saturated rings. The minimum atomic E-state index is -3.79. The summed E-state index contributed by atoms with van der Waals surface area (Å²) in [5.74, 6) is -0.237. The zero-order valence-corrected chi connectivity index (χ0v) is 17.8. The van der Waals surface area contributed by atoms with E-state index >= 15 is 0 Å². The standard InChI is InChI=1S/C22H25N3O4S/c1-3-6-17-13-16(24-25-30(27,28)18-11-9-15(2)10-12-18)14-22(29-17)19-7-4-5-8-20(19)23-21(22)26/h4-5,7-12,17,25H,3,6,13-14H2,1-2H3,(H,23,26)/b24-16-/t17-,22-/m0/s1. The molecule has 2 atom stereocenters. The summed E-state index contributed by atoms with van der Waals surface area (Å²) in [5, 5.41) is 7.12. The van der Waals surface area contributed by atoms with E-state index in [4.69, 9.17) is 4.74 Å². The lowest BCUT2D eigenvalue weighted by atomic mass is 9.84. The van der Waals surface area contributed by atoms with Gasteiger partial charge in [-0.25, -0.2) is 4.83 Å². The van der Waals surface area contributed by atoms with E-state index in [1.807, 2.05) is 38.1 Å². The van der Waals surface area contributed by atoms with Gasteiger partial charge >= 0.3 is 0 Å². The number of amides is 1. The van der Waals surface area contributed by atoms with Crippen LogP contribution in [0, 0.1) is 6.92 Å². The van der Waals surface area contributed by atoms with Gasteiger partial charge in [0.25, 0.3) is 15.9 Å². The van der Waals surface area contributed by atoms with Crippen molar-refractivity contribution in [1.82, 2.24) is 4.83 Å². The van der Waals surface area contributed by atoms with Crippen LogP contribution in [0.5, 0.6) is 0 Å². The van der Waals surface area contributed by atoms with Crippen molar-refractivity contribution in [2.75, 3.05) is 5.32 Å². The Kier molecular flexibility index (Phi) is 5.38. The number of anilines is 1. The lowest BCUT2D eigenvalue weighted by Gasteiger charge is -2.37. The maximum absolute atomic E-state index is 12.9. The summed E-state index contributed by atoms with van der Waals surface area (Å²) < 4.78 is 31.6. The summed E-state index contributed by atoms with van der Waals surface area (Å²) in [4.78, 5) is 15.4. The summed E-state index contributed by atoms with van der Waals surface area (Å²) >= 11 is 0. The van der Waals surface area contributed by atoms with Gasteiger partial charge < -0.3 is 10.1 Å². The Bertz CT molecular complexity index is 1100. The number of rotatable bonds is 5. The third-order valence-electron chi connectivity index (χ3n) is 5.53. The first-order chi connectivity index (χ1) is 14.3. The number of nitrogens with one attached hydrogen (secondary N) is 2. The van der Waals surface area contributed by atoms with E-state index in [0.29, 0.717) is 12.1 Å². The van der Waals surface area contributed by atoms with Crippen LogP contribution in [0.25, 0.3) is 0 Å². The number of hydrazone groups is 1. The number of sulfonamides is 1. The lowest BCUT2D eigenvalue weighted by Crippen LogP contribution is -2.47. The molecule has 0 aromatic heterocycles. The molecule has 1 saturated heterocycles. The summed E-state index contributed by atoms with van der Waals surface area (Å²) in [6, 6.07) is 14.0. The number of carbonyl (C=O) groups is 1. The third kappa shape index (κ3) is 3.73. The minimum Gasteiger partial charge on any atom is -0.356 e. The first-order valence-corrected chi connectivity index (χ1v) is 11.5. The first kappa shape index (κ1) is 20.6. The molecule has 0 saturated carbocycles. The quantitative estimate of drug-likeness (QED) is 0.714. The van der Waals surface area contributed by atoms with Crippen LogP contribution in [0.2, 0.25) is 0 Å². The Morgan fingerprint density at radius 1 is 1.20 bits per heavy atom. The molecule has 8 heteroatoms. The monoisotopic (exact) mass is 427 g/mol. The van der Waals surface area contributed by atoms with Gasteiger partial charge in [0.1, 0.15) is 0 Å². The lowest BCUT2D eigenvalue weighted by molar-refractivity contribution is -0.153. The Morgan fingerprint density at radius 3 is 2.67 bits per heavy atom. The molecule has 2 aromatic carbocycles. The van der Waals surface area contributed by atoms with Gasteiger partial charge in [0.05, 0.1) is 11.0 Å². The summed E-state index contributed by atoms with van der Waals surface area (Å²) in [6.45, 7) is 3.94. The van der Waals surface area contributed by atoms with E-state index in [9.17, 15) is 13.2 Å². The van der Waals surface area contributed by atoms with Crippen molar-refractivity contribution in [1.29, 1.82) is 0 Å². The molecule has 30 heavy (non-hydrogen) atoms. The van der Waals surface area contributed by atoms with Crippen molar-refractivity contribution in [3.63, 3.8) is 0 Å². The average molecular weight is 428 g/mol. The zero-order chi connectivity index (χ0) is 21.4. The highest BCUT2D eigenvalue weighted by Gasteiger charge is 2.52. The Hall–Kier alpha value is -2.71. The van der Waals surface area contributed by atoms with Crippen molar-refractivity contribution in [3.8, 4) is 0 Å². The molecule has 158 valence electrons. The molecule has 0 radical (unpaired) electrons. The van der Waals surface area contributed by atoms with Crippen LogP contribution >= 0.6 is 0 Å². The number of para-hydroxylation sites is 1. The molecular formula is C22H25N3O4S. The Morgan fingerprint density at radius 2 is 1.93 bits per heavy atom. The fourth-order valence-corrected chi connectivity index (χ4v) is 4.88. The highest BCUT2D eigenvalue weighted by atomic mass is 32.2. The number of nitrogens with zero attached hydrogens (tertiary/aromatic N) is 1. The van der Waals surface area contributed by atoms with E-state index in [2.05, 4.69) is 15.2 Å². The maximum atomic E-state index is 12.9. The van der Waals surface area contributed by atoms with Crippen LogP contribution in [0.4, 0.5) is 5.69 Å². The van der Waals surface area contributed by atoms with Gasteiger partial charge in [0.15, 0.2) is 5.60 Å². The van der Waals surface area contributed by atoms with Crippen LogP contribution < -0.4 is 10.1 Å². The smallest absolute Gasteiger partial charge is 0.276 e. The molecule has 2 heterocycles. The van der Waals surface area contributed by atoms with Crippen LogP contribution in [0.3, 0.4) is 0 Å². The number of benzene rings is 2. The number of aryl methyl sites for hydroxylation is 1. The van der Waals surface area contributed by atoms with E-state index in [-0.39, 0.29) is 23.3 Å². The average Bonchev–Trinajstić information content (AvgIpc) is 2.98. The normalized spacial score (nSPS) is 24.7. The second kappa shape index (κ2) is 7.85. The maximum Gasteiger partial charge on any atom is 0.276 e. The molecule has 7 nitrogen and oxygen atoms in total. The summed E-state index contributed by atoms with van der Waals surface area (Å²) in [6.07, 6.45) is 2.09.